The van der Waals surface area contributed by atoms with Crippen LogP contribution in [0.4, 0.5) is 5.82 Å². The summed E-state index contributed by atoms with van der Waals surface area (Å²) in [5.74, 6) is 6.80. The van der Waals surface area contributed by atoms with Crippen LogP contribution in [0.3, 0.4) is 0 Å². The molecular weight excluding hydrogens is 264 g/mol. The molecule has 0 bridgehead atoms. The van der Waals surface area contributed by atoms with E-state index in [9.17, 15) is 4.79 Å². The molecule has 0 saturated carbocycles. The van der Waals surface area contributed by atoms with Crippen LogP contribution < -0.4 is 11.3 Å². The Kier molecular flexibility index (Phi) is 4.83. The lowest BCUT2D eigenvalue weighted by atomic mass is 9.77. The molecule has 0 spiro atoms. The van der Waals surface area contributed by atoms with Gasteiger partial charge >= 0.3 is 0 Å². The van der Waals surface area contributed by atoms with Crippen molar-refractivity contribution in [1.82, 2.24) is 9.88 Å². The maximum absolute atomic E-state index is 12.3. The van der Waals surface area contributed by atoms with Crippen LogP contribution >= 0.6 is 0 Å². The highest BCUT2D eigenvalue weighted by atomic mass is 16.2. The van der Waals surface area contributed by atoms with Crippen molar-refractivity contribution in [2.75, 3.05) is 12.0 Å². The number of hydrogen-bond acceptors (Lipinski definition) is 4. The molecular formula is C16H26N4O. The Bertz CT molecular complexity index is 478. The summed E-state index contributed by atoms with van der Waals surface area (Å²) in [6, 6.07) is 3.79. The average Bonchev–Trinajstić information content (AvgIpc) is 2.62. The molecule has 2 heterocycles. The largest absolute Gasteiger partial charge is 0.338 e. The van der Waals surface area contributed by atoms with Gasteiger partial charge in [0, 0.05) is 25.7 Å². The lowest BCUT2D eigenvalue weighted by Crippen LogP contribution is -2.30. The second-order valence-electron chi connectivity index (χ2n) is 6.90. The molecule has 1 saturated heterocycles. The predicted molar refractivity (Wildman–Crippen MR) is 84.3 cm³/mol. The molecule has 0 aromatic carbocycles. The highest BCUT2D eigenvalue weighted by molar-refractivity contribution is 5.76. The van der Waals surface area contributed by atoms with Crippen molar-refractivity contribution >= 4 is 11.7 Å². The number of nitrogens with two attached hydrogens (primary N) is 1. The third-order valence-corrected chi connectivity index (χ3v) is 4.38. The van der Waals surface area contributed by atoms with Gasteiger partial charge in [0.2, 0.25) is 5.91 Å². The molecule has 5 nitrogen and oxygen atoms in total. The smallest absolute Gasteiger partial charge is 0.222 e. The Labute approximate surface area is 126 Å². The summed E-state index contributed by atoms with van der Waals surface area (Å²) in [6.45, 7) is 8.26. The van der Waals surface area contributed by atoms with Gasteiger partial charge < -0.3 is 10.3 Å². The zero-order valence-corrected chi connectivity index (χ0v) is 13.2. The lowest BCUT2D eigenvalue weighted by Gasteiger charge is -2.29. The topological polar surface area (TPSA) is 71.2 Å². The molecule has 116 valence electrons. The first kappa shape index (κ1) is 15.8. The van der Waals surface area contributed by atoms with Crippen molar-refractivity contribution < 1.29 is 4.79 Å². The van der Waals surface area contributed by atoms with E-state index in [1.165, 1.54) is 0 Å². The van der Waals surface area contributed by atoms with Crippen molar-refractivity contribution in [3.63, 3.8) is 0 Å². The quantitative estimate of drug-likeness (QED) is 0.663. The monoisotopic (exact) mass is 290 g/mol. The fraction of sp³-hybridized carbons (Fsp3) is 0.625. The van der Waals surface area contributed by atoms with Gasteiger partial charge in [-0.05, 0) is 35.8 Å². The van der Waals surface area contributed by atoms with Crippen molar-refractivity contribution in [2.24, 2.45) is 17.2 Å². The van der Waals surface area contributed by atoms with Crippen LogP contribution in [0.25, 0.3) is 0 Å². The van der Waals surface area contributed by atoms with Gasteiger partial charge in [-0.25, -0.2) is 10.8 Å². The number of nitrogens with one attached hydrogen (secondary N) is 1. The minimum Gasteiger partial charge on any atom is -0.338 e. The first-order valence-electron chi connectivity index (χ1n) is 7.59. The van der Waals surface area contributed by atoms with E-state index in [0.29, 0.717) is 24.7 Å². The number of rotatable bonds is 3. The molecule has 3 N–H and O–H groups in total. The number of carbonyl (C=O) groups is 1. The van der Waals surface area contributed by atoms with Crippen LogP contribution in [0.1, 0.15) is 45.6 Å². The number of aromatic nitrogens is 1. The van der Waals surface area contributed by atoms with Crippen LogP contribution in [0.15, 0.2) is 18.3 Å². The van der Waals surface area contributed by atoms with Gasteiger partial charge in [-0.2, -0.15) is 0 Å². The second kappa shape index (κ2) is 6.43. The van der Waals surface area contributed by atoms with Crippen LogP contribution in [0.5, 0.6) is 0 Å². The normalized spacial score (nSPS) is 20.3. The van der Waals surface area contributed by atoms with Crippen LogP contribution in [-0.4, -0.2) is 22.3 Å². The van der Waals surface area contributed by atoms with E-state index in [4.69, 9.17) is 5.84 Å². The van der Waals surface area contributed by atoms with Crippen LogP contribution in [0.2, 0.25) is 0 Å². The molecule has 1 atom stereocenters. The summed E-state index contributed by atoms with van der Waals surface area (Å²) in [6.07, 6.45) is 4.49. The van der Waals surface area contributed by atoms with Gasteiger partial charge in [0.15, 0.2) is 0 Å². The summed E-state index contributed by atoms with van der Waals surface area (Å²) in [5, 5.41) is 0. The molecule has 1 unspecified atom stereocenters. The highest BCUT2D eigenvalue weighted by Gasteiger charge is 2.29. The number of nitrogen functional groups attached to an aromatic ring is 1. The number of anilines is 1. The van der Waals surface area contributed by atoms with Gasteiger partial charge in [0.05, 0.1) is 0 Å². The van der Waals surface area contributed by atoms with Gasteiger partial charge in [-0.1, -0.05) is 26.8 Å². The van der Waals surface area contributed by atoms with Crippen molar-refractivity contribution in [3.05, 3.63) is 23.9 Å². The summed E-state index contributed by atoms with van der Waals surface area (Å²) < 4.78 is 0. The minimum atomic E-state index is 0.253. The number of hydrazine groups is 1. The van der Waals surface area contributed by atoms with E-state index in [1.54, 1.807) is 6.20 Å². The highest BCUT2D eigenvalue weighted by Crippen LogP contribution is 2.34. The van der Waals surface area contributed by atoms with Gasteiger partial charge in [0.1, 0.15) is 5.82 Å². The average molecular weight is 290 g/mol. The van der Waals surface area contributed by atoms with Crippen molar-refractivity contribution in [1.29, 1.82) is 0 Å². The number of carbonyl (C=O) groups excluding carboxylic acids is 1. The Balaban J connectivity index is 2.00. The van der Waals surface area contributed by atoms with E-state index in [2.05, 4.69) is 31.2 Å². The second-order valence-corrected chi connectivity index (χ2v) is 6.90. The van der Waals surface area contributed by atoms with E-state index in [0.717, 1.165) is 24.9 Å². The molecule has 0 aliphatic carbocycles. The zero-order chi connectivity index (χ0) is 15.5. The molecule has 2 rings (SSSR count). The molecule has 1 aromatic rings. The van der Waals surface area contributed by atoms with Crippen LogP contribution in [0, 0.1) is 11.3 Å². The molecule has 1 aliphatic rings. The number of pyridine rings is 1. The number of hydrogen-bond donors (Lipinski definition) is 2. The van der Waals surface area contributed by atoms with Crippen molar-refractivity contribution in [3.8, 4) is 0 Å². The first-order valence-corrected chi connectivity index (χ1v) is 7.59. The number of amides is 1. The molecule has 5 heteroatoms. The fourth-order valence-corrected chi connectivity index (χ4v) is 2.89. The Morgan fingerprint density at radius 2 is 2.14 bits per heavy atom. The molecule has 0 radical (unpaired) electrons. The molecule has 1 aliphatic heterocycles. The Hall–Kier alpha value is -1.62. The molecule has 1 amide bonds. The summed E-state index contributed by atoms with van der Waals surface area (Å²) in [5.41, 5.74) is 3.82. The third-order valence-electron chi connectivity index (χ3n) is 4.38. The summed E-state index contributed by atoms with van der Waals surface area (Å²) >= 11 is 0. The van der Waals surface area contributed by atoms with Gasteiger partial charge in [0.25, 0.3) is 0 Å². The Morgan fingerprint density at radius 3 is 2.71 bits per heavy atom. The minimum absolute atomic E-state index is 0.253. The van der Waals surface area contributed by atoms with Crippen LogP contribution in [-0.2, 0) is 11.3 Å². The van der Waals surface area contributed by atoms with Gasteiger partial charge in [-0.3, -0.25) is 4.79 Å². The van der Waals surface area contributed by atoms with Gasteiger partial charge in [-0.15, -0.1) is 0 Å². The number of likely N-dealkylation sites (tertiary alicyclic amines) is 1. The van der Waals surface area contributed by atoms with E-state index < -0.39 is 0 Å². The molecule has 1 fully saturated rings. The predicted octanol–water partition coefficient (Wildman–Crippen LogP) is 2.54. The number of nitrogens with zero attached hydrogens (tertiary/aromatic N) is 2. The lowest BCUT2D eigenvalue weighted by molar-refractivity contribution is -0.131. The summed E-state index contributed by atoms with van der Waals surface area (Å²) in [7, 11) is 0. The van der Waals surface area contributed by atoms with E-state index in [-0.39, 0.29) is 11.3 Å². The Morgan fingerprint density at radius 1 is 1.38 bits per heavy atom. The maximum Gasteiger partial charge on any atom is 0.222 e. The standard InChI is InChI=1S/C16H26N4O/c1-16(2,3)13-5-7-15(21)20(9-8-13)11-12-4-6-14(19-17)18-10-12/h4,6,10,13H,5,7-9,11,17H2,1-3H3,(H,18,19). The fourth-order valence-electron chi connectivity index (χ4n) is 2.89. The molecule has 1 aromatic heterocycles. The summed E-state index contributed by atoms with van der Waals surface area (Å²) in [4.78, 5) is 18.4. The van der Waals surface area contributed by atoms with E-state index in [1.807, 2.05) is 17.0 Å². The first-order chi connectivity index (χ1) is 9.90. The van der Waals surface area contributed by atoms with Crippen molar-refractivity contribution in [2.45, 2.75) is 46.6 Å². The third kappa shape index (κ3) is 4.17. The van der Waals surface area contributed by atoms with E-state index >= 15 is 0 Å². The SMILES string of the molecule is CC(C)(C)C1CCC(=O)N(Cc2ccc(NN)nc2)CC1. The zero-order valence-electron chi connectivity index (χ0n) is 13.2. The maximum atomic E-state index is 12.3. The molecule has 21 heavy (non-hydrogen) atoms.